The predicted molar refractivity (Wildman–Crippen MR) is 85.8 cm³/mol. The zero-order valence-corrected chi connectivity index (χ0v) is 14.3. The summed E-state index contributed by atoms with van der Waals surface area (Å²) in [5, 5.41) is 1.69. The molecule has 0 aromatic carbocycles. The van der Waals surface area contributed by atoms with Crippen LogP contribution in [0.2, 0.25) is 0 Å². The van der Waals surface area contributed by atoms with Crippen molar-refractivity contribution in [3.63, 3.8) is 0 Å². The molecule has 2 rings (SSSR count). The third-order valence-corrected chi connectivity index (χ3v) is 6.10. The molecule has 1 amide bonds. The summed E-state index contributed by atoms with van der Waals surface area (Å²) in [5.41, 5.74) is 0.555. The Hall–Kier alpha value is -1.25. The van der Waals surface area contributed by atoms with Gasteiger partial charge in [-0.2, -0.15) is 0 Å². The number of amides is 1. The first-order valence-electron chi connectivity index (χ1n) is 7.21. The first-order chi connectivity index (χ1) is 10.3. The van der Waals surface area contributed by atoms with Crippen LogP contribution in [-0.2, 0) is 10.0 Å². The Labute approximate surface area is 134 Å². The highest BCUT2D eigenvalue weighted by Crippen LogP contribution is 2.20. The van der Waals surface area contributed by atoms with Crippen LogP contribution < -0.4 is 4.72 Å². The molecular formula is C14H20N2O4S2. The number of thiophene rings is 1. The first kappa shape index (κ1) is 17.1. The van der Waals surface area contributed by atoms with Crippen molar-refractivity contribution in [1.29, 1.82) is 0 Å². The summed E-state index contributed by atoms with van der Waals surface area (Å²) in [5.74, 6) is -0.0768. The molecular weight excluding hydrogens is 324 g/mol. The van der Waals surface area contributed by atoms with E-state index in [0.29, 0.717) is 36.4 Å². The van der Waals surface area contributed by atoms with Crippen LogP contribution >= 0.6 is 11.3 Å². The van der Waals surface area contributed by atoms with Crippen molar-refractivity contribution < 1.29 is 18.0 Å². The summed E-state index contributed by atoms with van der Waals surface area (Å²) >= 11 is 1.27. The van der Waals surface area contributed by atoms with E-state index in [1.807, 2.05) is 0 Å². The van der Waals surface area contributed by atoms with E-state index in [1.165, 1.54) is 18.3 Å². The van der Waals surface area contributed by atoms with Crippen molar-refractivity contribution in [1.82, 2.24) is 9.62 Å². The molecule has 0 spiro atoms. The number of carbonyl (C=O) groups is 2. The van der Waals surface area contributed by atoms with Gasteiger partial charge in [-0.1, -0.05) is 0 Å². The molecule has 8 heteroatoms. The Kier molecular flexibility index (Phi) is 5.36. The molecule has 1 fully saturated rings. The number of sulfonamides is 1. The van der Waals surface area contributed by atoms with Crippen molar-refractivity contribution in [3.8, 4) is 0 Å². The summed E-state index contributed by atoms with van der Waals surface area (Å²) in [6.45, 7) is 4.11. The number of nitrogens with zero attached hydrogens (tertiary/aromatic N) is 1. The minimum Gasteiger partial charge on any atom is -0.338 e. The van der Waals surface area contributed by atoms with Crippen LogP contribution in [-0.4, -0.2) is 49.9 Å². The fourth-order valence-corrected chi connectivity index (χ4v) is 4.15. The minimum atomic E-state index is -3.20. The lowest BCUT2D eigenvalue weighted by Crippen LogP contribution is -2.46. The molecule has 0 saturated carbocycles. The number of ketones is 1. The second kappa shape index (κ2) is 6.89. The van der Waals surface area contributed by atoms with E-state index in [4.69, 9.17) is 0 Å². The van der Waals surface area contributed by atoms with E-state index >= 15 is 0 Å². The molecule has 1 aromatic heterocycles. The molecule has 0 unspecified atom stereocenters. The van der Waals surface area contributed by atoms with Gasteiger partial charge in [0, 0.05) is 30.1 Å². The normalized spacial score (nSPS) is 16.7. The molecule has 0 bridgehead atoms. The van der Waals surface area contributed by atoms with Crippen molar-refractivity contribution in [3.05, 3.63) is 21.9 Å². The summed E-state index contributed by atoms with van der Waals surface area (Å²) in [6, 6.07) is 1.52. The fourth-order valence-electron chi connectivity index (χ4n) is 2.33. The number of likely N-dealkylation sites (tertiary alicyclic amines) is 1. The highest BCUT2D eigenvalue weighted by molar-refractivity contribution is 7.89. The van der Waals surface area contributed by atoms with Crippen LogP contribution in [0.3, 0.4) is 0 Å². The Balaban J connectivity index is 1.93. The quantitative estimate of drug-likeness (QED) is 0.821. The Morgan fingerprint density at radius 1 is 1.36 bits per heavy atom. The van der Waals surface area contributed by atoms with Crippen molar-refractivity contribution in [2.24, 2.45) is 0 Å². The molecule has 2 heterocycles. The van der Waals surface area contributed by atoms with Crippen molar-refractivity contribution in [2.75, 3.05) is 18.8 Å². The topological polar surface area (TPSA) is 83.6 Å². The molecule has 1 aromatic rings. The number of rotatable bonds is 5. The third kappa shape index (κ3) is 4.15. The van der Waals surface area contributed by atoms with Gasteiger partial charge in [0.25, 0.3) is 5.91 Å². The number of hydrogen-bond donors (Lipinski definition) is 1. The van der Waals surface area contributed by atoms with E-state index in [1.54, 1.807) is 23.3 Å². The molecule has 0 radical (unpaired) electrons. The second-order valence-corrected chi connectivity index (χ2v) is 8.30. The predicted octanol–water partition coefficient (Wildman–Crippen LogP) is 1.49. The molecule has 22 heavy (non-hydrogen) atoms. The first-order valence-corrected chi connectivity index (χ1v) is 9.74. The van der Waals surface area contributed by atoms with Crippen LogP contribution in [0.5, 0.6) is 0 Å². The van der Waals surface area contributed by atoms with Crippen molar-refractivity contribution >= 4 is 33.1 Å². The maximum atomic E-state index is 12.4. The van der Waals surface area contributed by atoms with Crippen LogP contribution in [0.4, 0.5) is 0 Å². The van der Waals surface area contributed by atoms with Gasteiger partial charge in [-0.05, 0) is 32.8 Å². The van der Waals surface area contributed by atoms with Gasteiger partial charge in [0.05, 0.1) is 10.6 Å². The molecule has 6 nitrogen and oxygen atoms in total. The maximum absolute atomic E-state index is 12.4. The fraction of sp³-hybridized carbons (Fsp3) is 0.571. The largest absolute Gasteiger partial charge is 0.338 e. The van der Waals surface area contributed by atoms with E-state index in [-0.39, 0.29) is 23.5 Å². The smallest absolute Gasteiger partial charge is 0.263 e. The van der Waals surface area contributed by atoms with Gasteiger partial charge >= 0.3 is 0 Å². The zero-order chi connectivity index (χ0) is 16.3. The van der Waals surface area contributed by atoms with Gasteiger partial charge < -0.3 is 4.90 Å². The number of hydrogen-bond acceptors (Lipinski definition) is 5. The summed E-state index contributed by atoms with van der Waals surface area (Å²) in [6.07, 6.45) is 1.21. The monoisotopic (exact) mass is 344 g/mol. The van der Waals surface area contributed by atoms with Crippen LogP contribution in [0.1, 0.15) is 46.7 Å². The van der Waals surface area contributed by atoms with Gasteiger partial charge in [0.15, 0.2) is 5.78 Å². The number of nitrogens with one attached hydrogen (secondary N) is 1. The van der Waals surface area contributed by atoms with Gasteiger partial charge in [0.2, 0.25) is 10.0 Å². The number of piperidine rings is 1. The standard InChI is InChI=1S/C14H20N2O4S2/c1-3-22(19,20)15-12-4-6-16(7-5-12)14(18)13-8-11(9-21-13)10(2)17/h8-9,12,15H,3-7H2,1-2H3. The Morgan fingerprint density at radius 2 is 2.00 bits per heavy atom. The average molecular weight is 344 g/mol. The second-order valence-electron chi connectivity index (χ2n) is 5.34. The molecule has 0 aliphatic carbocycles. The minimum absolute atomic E-state index is 0.0528. The van der Waals surface area contributed by atoms with E-state index < -0.39 is 10.0 Å². The average Bonchev–Trinajstić information content (AvgIpc) is 2.97. The Bertz CT molecular complexity index is 658. The molecule has 1 saturated heterocycles. The van der Waals surface area contributed by atoms with Gasteiger partial charge in [0.1, 0.15) is 0 Å². The van der Waals surface area contributed by atoms with Crippen molar-refractivity contribution in [2.45, 2.75) is 32.7 Å². The van der Waals surface area contributed by atoms with Crippen LogP contribution in [0.25, 0.3) is 0 Å². The lowest BCUT2D eigenvalue weighted by Gasteiger charge is -2.31. The van der Waals surface area contributed by atoms with E-state index in [0.717, 1.165) is 0 Å². The lowest BCUT2D eigenvalue weighted by atomic mass is 10.1. The summed E-state index contributed by atoms with van der Waals surface area (Å²) < 4.78 is 25.8. The molecule has 122 valence electrons. The molecule has 0 atom stereocenters. The molecule has 1 aliphatic heterocycles. The highest BCUT2D eigenvalue weighted by Gasteiger charge is 2.26. The van der Waals surface area contributed by atoms with Gasteiger partial charge in [-0.25, -0.2) is 13.1 Å². The molecule has 1 aliphatic rings. The van der Waals surface area contributed by atoms with Crippen LogP contribution in [0.15, 0.2) is 11.4 Å². The Morgan fingerprint density at radius 3 is 2.50 bits per heavy atom. The number of Topliss-reactive ketones (excluding diaryl/α,β-unsaturated/α-hetero) is 1. The number of carbonyl (C=O) groups excluding carboxylic acids is 2. The maximum Gasteiger partial charge on any atom is 0.263 e. The third-order valence-electron chi connectivity index (χ3n) is 3.73. The lowest BCUT2D eigenvalue weighted by molar-refractivity contribution is 0.0716. The van der Waals surface area contributed by atoms with Gasteiger partial charge in [-0.15, -0.1) is 11.3 Å². The van der Waals surface area contributed by atoms with E-state index in [2.05, 4.69) is 4.72 Å². The summed E-state index contributed by atoms with van der Waals surface area (Å²) in [7, 11) is -3.20. The molecule has 1 N–H and O–H groups in total. The SMILES string of the molecule is CCS(=O)(=O)NC1CCN(C(=O)c2cc(C(C)=O)cs2)CC1. The zero-order valence-electron chi connectivity index (χ0n) is 12.7. The van der Waals surface area contributed by atoms with Gasteiger partial charge in [-0.3, -0.25) is 9.59 Å². The summed E-state index contributed by atoms with van der Waals surface area (Å²) in [4.78, 5) is 25.9. The highest BCUT2D eigenvalue weighted by atomic mass is 32.2. The van der Waals surface area contributed by atoms with Crippen LogP contribution in [0, 0.1) is 0 Å². The van der Waals surface area contributed by atoms with E-state index in [9.17, 15) is 18.0 Å².